The van der Waals surface area contributed by atoms with Crippen LogP contribution in [0.25, 0.3) is 0 Å². The monoisotopic (exact) mass is 455 g/mol. The summed E-state index contributed by atoms with van der Waals surface area (Å²) < 4.78 is 15.4. The molecule has 0 saturated carbocycles. The highest BCUT2D eigenvalue weighted by Crippen LogP contribution is 2.35. The first-order valence-electron chi connectivity index (χ1n) is 9.93. The van der Waals surface area contributed by atoms with Gasteiger partial charge in [0.05, 0.1) is 18.4 Å². The van der Waals surface area contributed by atoms with Crippen LogP contribution in [0.2, 0.25) is 0 Å². The van der Waals surface area contributed by atoms with Crippen molar-refractivity contribution >= 4 is 46.1 Å². The average molecular weight is 455 g/mol. The molecule has 0 unspecified atom stereocenters. The van der Waals surface area contributed by atoms with Gasteiger partial charge in [0.25, 0.3) is 0 Å². The Kier molecular flexibility index (Phi) is 6.31. The molecular formula is C22H21N3O6S. The number of carbonyl (C=O) groups excluding carboxylic acids is 3. The molecule has 32 heavy (non-hydrogen) atoms. The summed E-state index contributed by atoms with van der Waals surface area (Å²) in [5.74, 6) is 0.172. The van der Waals surface area contributed by atoms with Crippen molar-refractivity contribution in [3.8, 4) is 11.5 Å². The summed E-state index contributed by atoms with van der Waals surface area (Å²) in [4.78, 5) is 42.8. The van der Waals surface area contributed by atoms with Crippen LogP contribution in [0, 0.1) is 0 Å². The third kappa shape index (κ3) is 4.40. The van der Waals surface area contributed by atoms with Crippen molar-refractivity contribution in [2.24, 2.45) is 4.99 Å². The number of amidine groups is 1. The first-order valence-corrected chi connectivity index (χ1v) is 10.8. The molecule has 2 aliphatic heterocycles. The molecular weight excluding hydrogens is 434 g/mol. The van der Waals surface area contributed by atoms with E-state index in [1.165, 1.54) is 31.0 Å². The molecule has 2 heterocycles. The summed E-state index contributed by atoms with van der Waals surface area (Å²) >= 11 is 1.21. The molecule has 2 aromatic rings. The second kappa shape index (κ2) is 9.31. The summed E-state index contributed by atoms with van der Waals surface area (Å²) in [6, 6.07) is 11.6. The molecule has 2 amide bonds. The van der Waals surface area contributed by atoms with Crippen molar-refractivity contribution in [3.63, 3.8) is 0 Å². The van der Waals surface area contributed by atoms with Gasteiger partial charge in [0, 0.05) is 24.7 Å². The Morgan fingerprint density at radius 2 is 1.94 bits per heavy atom. The summed E-state index contributed by atoms with van der Waals surface area (Å²) in [5, 5.41) is 3.11. The minimum absolute atomic E-state index is 0.0494. The van der Waals surface area contributed by atoms with Gasteiger partial charge < -0.3 is 19.5 Å². The molecule has 0 spiro atoms. The fraction of sp³-hybridized carbons (Fsp3) is 0.273. The molecule has 0 bridgehead atoms. The van der Waals surface area contributed by atoms with Crippen LogP contribution >= 0.6 is 11.8 Å². The number of nitrogens with zero attached hydrogens (tertiary/aromatic N) is 2. The maximum Gasteiger partial charge on any atom is 0.337 e. The Hall–Kier alpha value is -3.53. The SMILES string of the molecule is CCN=C(Nc1ccc2c(c1)OCO2)S[C@H]1CC(=O)N(c2ccc(C(=O)OC)cc2)C1=O. The Morgan fingerprint density at radius 1 is 1.19 bits per heavy atom. The standard InChI is InChI=1S/C22H21N3O6S/c1-3-23-22(24-14-6-9-16-17(10-14)31-12-30-16)32-18-11-19(26)25(20(18)27)15-7-4-13(5-8-15)21(28)29-2/h4-10,18H,3,11-12H2,1-2H3,(H,23,24)/t18-/m0/s1. The van der Waals surface area contributed by atoms with Crippen molar-refractivity contribution in [2.75, 3.05) is 30.7 Å². The zero-order chi connectivity index (χ0) is 22.7. The number of esters is 1. The van der Waals surface area contributed by atoms with Crippen molar-refractivity contribution in [3.05, 3.63) is 48.0 Å². The first-order chi connectivity index (χ1) is 15.5. The molecule has 0 aliphatic carbocycles. The number of hydrogen-bond donors (Lipinski definition) is 1. The third-order valence-electron chi connectivity index (χ3n) is 4.83. The minimum Gasteiger partial charge on any atom is -0.465 e. The lowest BCUT2D eigenvalue weighted by molar-refractivity contribution is -0.121. The molecule has 2 aromatic carbocycles. The van der Waals surface area contributed by atoms with E-state index in [0.717, 1.165) is 10.6 Å². The van der Waals surface area contributed by atoms with E-state index in [2.05, 4.69) is 15.0 Å². The highest BCUT2D eigenvalue weighted by Gasteiger charge is 2.41. The number of carbonyl (C=O) groups is 3. The number of methoxy groups -OCH3 is 1. The number of rotatable bonds is 5. The maximum atomic E-state index is 13.0. The summed E-state index contributed by atoms with van der Waals surface area (Å²) in [6.45, 7) is 2.57. The molecule has 1 fully saturated rings. The predicted molar refractivity (Wildman–Crippen MR) is 120 cm³/mol. The van der Waals surface area contributed by atoms with Gasteiger partial charge in [0.2, 0.25) is 18.6 Å². The van der Waals surface area contributed by atoms with Crippen LogP contribution in [0.4, 0.5) is 11.4 Å². The van der Waals surface area contributed by atoms with Crippen LogP contribution < -0.4 is 19.7 Å². The van der Waals surface area contributed by atoms with E-state index in [9.17, 15) is 14.4 Å². The second-order valence-electron chi connectivity index (χ2n) is 6.89. The van der Waals surface area contributed by atoms with Crippen molar-refractivity contribution in [1.82, 2.24) is 0 Å². The van der Waals surface area contributed by atoms with Crippen LogP contribution in [-0.2, 0) is 14.3 Å². The topological polar surface area (TPSA) is 107 Å². The predicted octanol–water partition coefficient (Wildman–Crippen LogP) is 3.06. The van der Waals surface area contributed by atoms with Crippen LogP contribution in [-0.4, -0.2) is 48.6 Å². The van der Waals surface area contributed by atoms with Crippen molar-refractivity contribution < 1.29 is 28.6 Å². The lowest BCUT2D eigenvalue weighted by Crippen LogP contribution is -2.31. The van der Waals surface area contributed by atoms with Crippen LogP contribution in [0.3, 0.4) is 0 Å². The van der Waals surface area contributed by atoms with Crippen molar-refractivity contribution in [1.29, 1.82) is 0 Å². The van der Waals surface area contributed by atoms with Crippen LogP contribution in [0.1, 0.15) is 23.7 Å². The fourth-order valence-corrected chi connectivity index (χ4v) is 4.40. The van der Waals surface area contributed by atoms with Gasteiger partial charge in [-0.1, -0.05) is 11.8 Å². The van der Waals surface area contributed by atoms with E-state index in [1.54, 1.807) is 24.3 Å². The quantitative estimate of drug-likeness (QED) is 0.317. The summed E-state index contributed by atoms with van der Waals surface area (Å²) in [6.07, 6.45) is 0.0494. The normalized spacial score (nSPS) is 17.6. The average Bonchev–Trinajstić information content (AvgIpc) is 3.37. The molecule has 2 aliphatic rings. The highest BCUT2D eigenvalue weighted by atomic mass is 32.2. The third-order valence-corrected chi connectivity index (χ3v) is 5.94. The van der Waals surface area contributed by atoms with Gasteiger partial charge in [0.1, 0.15) is 5.25 Å². The van der Waals surface area contributed by atoms with Gasteiger partial charge >= 0.3 is 5.97 Å². The highest BCUT2D eigenvalue weighted by molar-refractivity contribution is 8.15. The lowest BCUT2D eigenvalue weighted by atomic mass is 10.2. The zero-order valence-corrected chi connectivity index (χ0v) is 18.3. The van der Waals surface area contributed by atoms with Gasteiger partial charge in [0.15, 0.2) is 16.7 Å². The number of anilines is 2. The van der Waals surface area contributed by atoms with Crippen molar-refractivity contribution in [2.45, 2.75) is 18.6 Å². The number of fused-ring (bicyclic) bond motifs is 1. The van der Waals surface area contributed by atoms with Gasteiger partial charge in [-0.15, -0.1) is 0 Å². The van der Waals surface area contributed by atoms with Crippen LogP contribution in [0.5, 0.6) is 11.5 Å². The number of nitrogens with one attached hydrogen (secondary N) is 1. The van der Waals surface area contributed by atoms with E-state index in [4.69, 9.17) is 9.47 Å². The maximum absolute atomic E-state index is 13.0. The second-order valence-corrected chi connectivity index (χ2v) is 8.08. The van der Waals surface area contributed by atoms with E-state index in [1.807, 2.05) is 13.0 Å². The van der Waals surface area contributed by atoms with Crippen LogP contribution in [0.15, 0.2) is 47.5 Å². The number of imide groups is 1. The van der Waals surface area contributed by atoms with E-state index in [-0.39, 0.29) is 25.0 Å². The molecule has 9 nitrogen and oxygen atoms in total. The fourth-order valence-electron chi connectivity index (χ4n) is 3.31. The molecule has 4 rings (SSSR count). The van der Waals surface area contributed by atoms with E-state index in [0.29, 0.717) is 34.5 Å². The molecule has 1 atom stereocenters. The molecule has 166 valence electrons. The van der Waals surface area contributed by atoms with Gasteiger partial charge in [-0.25, -0.2) is 9.69 Å². The number of hydrogen-bond acceptors (Lipinski definition) is 8. The van der Waals surface area contributed by atoms with Gasteiger partial charge in [-0.3, -0.25) is 14.6 Å². The molecule has 1 N–H and O–H groups in total. The molecule has 0 radical (unpaired) electrons. The zero-order valence-electron chi connectivity index (χ0n) is 17.5. The summed E-state index contributed by atoms with van der Waals surface area (Å²) in [7, 11) is 1.29. The number of amides is 2. The molecule has 0 aromatic heterocycles. The van der Waals surface area contributed by atoms with E-state index >= 15 is 0 Å². The van der Waals surface area contributed by atoms with Gasteiger partial charge in [-0.05, 0) is 43.3 Å². The molecule has 1 saturated heterocycles. The number of ether oxygens (including phenoxy) is 3. The Bertz CT molecular complexity index is 1090. The largest absolute Gasteiger partial charge is 0.465 e. The smallest absolute Gasteiger partial charge is 0.337 e. The first kappa shape index (κ1) is 21.7. The summed E-state index contributed by atoms with van der Waals surface area (Å²) in [5.41, 5.74) is 1.49. The Morgan fingerprint density at radius 3 is 2.66 bits per heavy atom. The van der Waals surface area contributed by atoms with E-state index < -0.39 is 11.2 Å². The number of benzene rings is 2. The Balaban J connectivity index is 1.47. The Labute approximate surface area is 188 Å². The minimum atomic E-state index is -0.616. The lowest BCUT2D eigenvalue weighted by Gasteiger charge is -2.16. The molecule has 10 heteroatoms. The number of thioether (sulfide) groups is 1. The number of aliphatic imine (C=N–C) groups is 1. The van der Waals surface area contributed by atoms with Gasteiger partial charge in [-0.2, -0.15) is 0 Å².